The van der Waals surface area contributed by atoms with Crippen LogP contribution in [0.3, 0.4) is 0 Å². The molecule has 5 heteroatoms. The molecule has 0 bridgehead atoms. The number of carbonyl (C=O) groups is 1. The molecule has 90 valence electrons. The summed E-state index contributed by atoms with van der Waals surface area (Å²) in [4.78, 5) is 14.7. The molecule has 0 saturated carbocycles. The smallest absolute Gasteiger partial charge is 0.320 e. The van der Waals surface area contributed by atoms with Crippen LogP contribution in [0.25, 0.3) is 0 Å². The van der Waals surface area contributed by atoms with E-state index in [1.807, 2.05) is 20.8 Å². The number of nitrogens with zero attached hydrogens (tertiary/aromatic N) is 1. The maximum atomic E-state index is 10.6. The first kappa shape index (κ1) is 12.7. The minimum absolute atomic E-state index is 0.0797. The molecule has 0 fully saturated rings. The number of carboxylic acid groups (broad SMARTS) is 1. The SMILES string of the molecule is CC(NCc1ncc(C(C)(C)C)o1)C(=O)O. The number of rotatable bonds is 4. The maximum Gasteiger partial charge on any atom is 0.320 e. The summed E-state index contributed by atoms with van der Waals surface area (Å²) >= 11 is 0. The predicted molar refractivity (Wildman–Crippen MR) is 59.1 cm³/mol. The zero-order chi connectivity index (χ0) is 12.3. The van der Waals surface area contributed by atoms with E-state index >= 15 is 0 Å². The van der Waals surface area contributed by atoms with Crippen molar-refractivity contribution in [2.45, 2.75) is 45.7 Å². The van der Waals surface area contributed by atoms with E-state index in [1.54, 1.807) is 13.1 Å². The van der Waals surface area contributed by atoms with Crippen molar-refractivity contribution in [1.82, 2.24) is 10.3 Å². The minimum atomic E-state index is -0.886. The Morgan fingerprint density at radius 1 is 1.62 bits per heavy atom. The van der Waals surface area contributed by atoms with Gasteiger partial charge in [0.15, 0.2) is 0 Å². The second kappa shape index (κ2) is 4.65. The molecule has 1 atom stereocenters. The van der Waals surface area contributed by atoms with Crippen LogP contribution in [-0.4, -0.2) is 22.1 Å². The van der Waals surface area contributed by atoms with Crippen molar-refractivity contribution in [2.75, 3.05) is 0 Å². The summed E-state index contributed by atoms with van der Waals surface area (Å²) in [5.41, 5.74) is -0.0797. The summed E-state index contributed by atoms with van der Waals surface area (Å²) in [6.45, 7) is 8.00. The number of hydrogen-bond acceptors (Lipinski definition) is 4. The standard InChI is InChI=1S/C11H18N2O3/c1-7(10(14)15)12-6-9-13-5-8(16-9)11(2,3)4/h5,7,12H,6H2,1-4H3,(H,14,15). The average molecular weight is 226 g/mol. The molecular formula is C11H18N2O3. The Morgan fingerprint density at radius 2 is 2.25 bits per heavy atom. The first-order valence-corrected chi connectivity index (χ1v) is 5.22. The molecule has 0 aliphatic carbocycles. The van der Waals surface area contributed by atoms with Crippen molar-refractivity contribution in [3.63, 3.8) is 0 Å². The topological polar surface area (TPSA) is 75.4 Å². The molecule has 0 aliphatic heterocycles. The molecule has 0 aromatic carbocycles. The van der Waals surface area contributed by atoms with Gasteiger partial charge in [0.05, 0.1) is 12.7 Å². The summed E-state index contributed by atoms with van der Waals surface area (Å²) in [7, 11) is 0. The van der Waals surface area contributed by atoms with Crippen LogP contribution in [0.15, 0.2) is 10.6 Å². The Hall–Kier alpha value is -1.36. The van der Waals surface area contributed by atoms with E-state index in [0.717, 1.165) is 5.76 Å². The van der Waals surface area contributed by atoms with Crippen molar-refractivity contribution in [3.05, 3.63) is 17.8 Å². The van der Waals surface area contributed by atoms with Gasteiger partial charge in [-0.3, -0.25) is 10.1 Å². The van der Waals surface area contributed by atoms with Gasteiger partial charge in [-0.25, -0.2) is 4.98 Å². The van der Waals surface area contributed by atoms with E-state index in [9.17, 15) is 4.79 Å². The number of hydrogen-bond donors (Lipinski definition) is 2. The van der Waals surface area contributed by atoms with Crippen LogP contribution in [0.5, 0.6) is 0 Å². The average Bonchev–Trinajstić information content (AvgIpc) is 2.61. The van der Waals surface area contributed by atoms with E-state index in [2.05, 4.69) is 10.3 Å². The molecule has 2 N–H and O–H groups in total. The lowest BCUT2D eigenvalue weighted by Gasteiger charge is -2.13. The van der Waals surface area contributed by atoms with Gasteiger partial charge >= 0.3 is 5.97 Å². The van der Waals surface area contributed by atoms with Gasteiger partial charge < -0.3 is 9.52 Å². The van der Waals surface area contributed by atoms with Gasteiger partial charge in [-0.05, 0) is 6.92 Å². The Bertz CT molecular complexity index is 366. The first-order chi connectivity index (χ1) is 7.30. The zero-order valence-corrected chi connectivity index (χ0v) is 10.1. The molecule has 5 nitrogen and oxygen atoms in total. The molecule has 1 rings (SSSR count). The van der Waals surface area contributed by atoms with Crippen molar-refractivity contribution in [2.24, 2.45) is 0 Å². The lowest BCUT2D eigenvalue weighted by atomic mass is 9.94. The number of oxazole rings is 1. The highest BCUT2D eigenvalue weighted by Gasteiger charge is 2.19. The summed E-state index contributed by atoms with van der Waals surface area (Å²) in [5, 5.41) is 11.5. The van der Waals surface area contributed by atoms with Gasteiger partial charge in [0.25, 0.3) is 0 Å². The minimum Gasteiger partial charge on any atom is -0.480 e. The van der Waals surface area contributed by atoms with Gasteiger partial charge in [0, 0.05) is 5.41 Å². The summed E-state index contributed by atoms with van der Waals surface area (Å²) in [6, 6.07) is -0.606. The van der Waals surface area contributed by atoms with Gasteiger partial charge in [0.1, 0.15) is 11.8 Å². The van der Waals surface area contributed by atoms with Crippen molar-refractivity contribution in [3.8, 4) is 0 Å². The molecule has 1 aromatic heterocycles. The van der Waals surface area contributed by atoms with Gasteiger partial charge in [-0.1, -0.05) is 20.8 Å². The normalized spacial score (nSPS) is 13.8. The van der Waals surface area contributed by atoms with Crippen LogP contribution >= 0.6 is 0 Å². The van der Waals surface area contributed by atoms with Crippen LogP contribution in [-0.2, 0) is 16.8 Å². The highest BCUT2D eigenvalue weighted by atomic mass is 16.4. The van der Waals surface area contributed by atoms with Gasteiger partial charge in [0.2, 0.25) is 5.89 Å². The highest BCUT2D eigenvalue weighted by molar-refractivity contribution is 5.72. The van der Waals surface area contributed by atoms with Crippen LogP contribution in [0.4, 0.5) is 0 Å². The molecule has 0 saturated heterocycles. The van der Waals surface area contributed by atoms with Gasteiger partial charge in [-0.15, -0.1) is 0 Å². The fourth-order valence-electron chi connectivity index (χ4n) is 1.07. The number of carboxylic acids is 1. The lowest BCUT2D eigenvalue weighted by Crippen LogP contribution is -2.33. The van der Waals surface area contributed by atoms with Crippen LogP contribution < -0.4 is 5.32 Å². The summed E-state index contributed by atoms with van der Waals surface area (Å²) in [5.74, 6) is 0.424. The second-order valence-corrected chi connectivity index (χ2v) is 4.81. The molecular weight excluding hydrogens is 208 g/mol. The Balaban J connectivity index is 2.57. The van der Waals surface area contributed by atoms with Crippen molar-refractivity contribution in [1.29, 1.82) is 0 Å². The molecule has 0 spiro atoms. The lowest BCUT2D eigenvalue weighted by molar-refractivity contribution is -0.139. The van der Waals surface area contributed by atoms with E-state index in [-0.39, 0.29) is 5.41 Å². The molecule has 1 unspecified atom stereocenters. The van der Waals surface area contributed by atoms with E-state index in [0.29, 0.717) is 12.4 Å². The highest BCUT2D eigenvalue weighted by Crippen LogP contribution is 2.22. The van der Waals surface area contributed by atoms with Crippen LogP contribution in [0, 0.1) is 0 Å². The summed E-state index contributed by atoms with van der Waals surface area (Å²) < 4.78 is 5.51. The third-order valence-electron chi connectivity index (χ3n) is 2.22. The van der Waals surface area contributed by atoms with Gasteiger partial charge in [-0.2, -0.15) is 0 Å². The van der Waals surface area contributed by atoms with E-state index in [1.165, 1.54) is 0 Å². The molecule has 0 radical (unpaired) electrons. The Labute approximate surface area is 94.9 Å². The number of aromatic nitrogens is 1. The number of nitrogens with one attached hydrogen (secondary N) is 1. The van der Waals surface area contributed by atoms with Crippen LogP contribution in [0.2, 0.25) is 0 Å². The molecule has 1 aromatic rings. The zero-order valence-electron chi connectivity index (χ0n) is 10.1. The fraction of sp³-hybridized carbons (Fsp3) is 0.636. The largest absolute Gasteiger partial charge is 0.480 e. The van der Waals surface area contributed by atoms with E-state index in [4.69, 9.17) is 9.52 Å². The van der Waals surface area contributed by atoms with E-state index < -0.39 is 12.0 Å². The Kier molecular flexibility index (Phi) is 3.70. The second-order valence-electron chi connectivity index (χ2n) is 4.81. The predicted octanol–water partition coefficient (Wildman–Crippen LogP) is 1.53. The van der Waals surface area contributed by atoms with Crippen LogP contribution in [0.1, 0.15) is 39.3 Å². The Morgan fingerprint density at radius 3 is 2.69 bits per heavy atom. The summed E-state index contributed by atoms with van der Waals surface area (Å²) in [6.07, 6.45) is 1.68. The quantitative estimate of drug-likeness (QED) is 0.814. The first-order valence-electron chi connectivity index (χ1n) is 5.22. The fourth-order valence-corrected chi connectivity index (χ4v) is 1.07. The van der Waals surface area contributed by atoms with Crippen molar-refractivity contribution >= 4 is 5.97 Å². The molecule has 16 heavy (non-hydrogen) atoms. The third-order valence-corrected chi connectivity index (χ3v) is 2.22. The monoisotopic (exact) mass is 226 g/mol. The molecule has 0 aliphatic rings. The maximum absolute atomic E-state index is 10.6. The third kappa shape index (κ3) is 3.34. The molecule has 1 heterocycles. The number of aliphatic carboxylic acids is 1. The van der Waals surface area contributed by atoms with Crippen molar-refractivity contribution < 1.29 is 14.3 Å². The molecule has 0 amide bonds.